The second-order valence-electron chi connectivity index (χ2n) is 8.99. The molecule has 2 aliphatic carbocycles. The number of hydrogen-bond donors (Lipinski definition) is 1. The highest BCUT2D eigenvalue weighted by molar-refractivity contribution is 5.81. The number of likely N-dealkylation sites (tertiary alicyclic amines) is 1. The summed E-state index contributed by atoms with van der Waals surface area (Å²) < 4.78 is 2.25. The molecule has 4 aliphatic rings. The van der Waals surface area contributed by atoms with Gasteiger partial charge in [-0.2, -0.15) is 0 Å². The fourth-order valence-corrected chi connectivity index (χ4v) is 5.85. The summed E-state index contributed by atoms with van der Waals surface area (Å²) >= 11 is 0. The molecule has 1 aromatic heterocycles. The Kier molecular flexibility index (Phi) is 3.20. The van der Waals surface area contributed by atoms with Crippen molar-refractivity contribution in [2.24, 2.45) is 17.3 Å². The van der Waals surface area contributed by atoms with Gasteiger partial charge in [-0.3, -0.25) is 4.79 Å². The molecule has 2 saturated carbocycles. The number of aliphatic hydroxyl groups excluding tert-OH is 1. The second kappa shape index (κ2) is 5.44. The van der Waals surface area contributed by atoms with Crippen LogP contribution in [-0.4, -0.2) is 44.7 Å². The SMILES string of the molecule is O=C(C1CC1)N1CCC2(CC1)C[C@@H](C1c3ccccc3-c3cncn31)[C@H]2O. The number of carbonyl (C=O) groups is 1. The lowest BCUT2D eigenvalue weighted by Crippen LogP contribution is -2.60. The van der Waals surface area contributed by atoms with E-state index in [0.29, 0.717) is 11.8 Å². The summed E-state index contributed by atoms with van der Waals surface area (Å²) in [4.78, 5) is 18.7. The molecule has 2 aliphatic heterocycles. The van der Waals surface area contributed by atoms with Crippen LogP contribution in [0.25, 0.3) is 11.3 Å². The van der Waals surface area contributed by atoms with Crippen LogP contribution in [-0.2, 0) is 4.79 Å². The number of aliphatic hydroxyl groups is 1. The number of aromatic nitrogens is 2. The monoisotopic (exact) mass is 363 g/mol. The average molecular weight is 363 g/mol. The molecular formula is C22H25N3O2. The van der Waals surface area contributed by atoms with E-state index < -0.39 is 0 Å². The van der Waals surface area contributed by atoms with Crippen molar-refractivity contribution in [1.82, 2.24) is 14.5 Å². The first-order valence-corrected chi connectivity index (χ1v) is 10.3. The van der Waals surface area contributed by atoms with Crippen LogP contribution in [0.3, 0.4) is 0 Å². The van der Waals surface area contributed by atoms with Gasteiger partial charge < -0.3 is 14.6 Å². The van der Waals surface area contributed by atoms with Crippen LogP contribution in [0.5, 0.6) is 0 Å². The summed E-state index contributed by atoms with van der Waals surface area (Å²) in [6.07, 6.45) is 8.59. The number of amides is 1. The quantitative estimate of drug-likeness (QED) is 0.893. The number of benzene rings is 1. The largest absolute Gasteiger partial charge is 0.392 e. The van der Waals surface area contributed by atoms with Crippen LogP contribution >= 0.6 is 0 Å². The molecule has 2 aromatic rings. The molecule has 6 rings (SSSR count). The van der Waals surface area contributed by atoms with Crippen molar-refractivity contribution in [2.45, 2.75) is 44.2 Å². The van der Waals surface area contributed by atoms with Gasteiger partial charge in [0.15, 0.2) is 0 Å². The molecule has 0 bridgehead atoms. The lowest BCUT2D eigenvalue weighted by Gasteiger charge is -2.58. The summed E-state index contributed by atoms with van der Waals surface area (Å²) in [5.41, 5.74) is 3.73. The predicted octanol–water partition coefficient (Wildman–Crippen LogP) is 2.85. The van der Waals surface area contributed by atoms with Crippen molar-refractivity contribution in [3.8, 4) is 11.3 Å². The lowest BCUT2D eigenvalue weighted by atomic mass is 9.53. The van der Waals surface area contributed by atoms with Gasteiger partial charge in [-0.15, -0.1) is 0 Å². The van der Waals surface area contributed by atoms with Crippen LogP contribution in [0.4, 0.5) is 0 Å². The van der Waals surface area contributed by atoms with E-state index in [1.54, 1.807) is 0 Å². The minimum absolute atomic E-state index is 0.00325. The van der Waals surface area contributed by atoms with Gasteiger partial charge >= 0.3 is 0 Å². The number of rotatable bonds is 2. The Bertz CT molecular complexity index is 908. The highest BCUT2D eigenvalue weighted by atomic mass is 16.3. The number of fused-ring (bicyclic) bond motifs is 3. The minimum Gasteiger partial charge on any atom is -0.392 e. The van der Waals surface area contributed by atoms with Gasteiger partial charge in [0, 0.05) is 35.9 Å². The molecule has 3 fully saturated rings. The predicted molar refractivity (Wildman–Crippen MR) is 101 cm³/mol. The molecule has 1 saturated heterocycles. The number of carbonyl (C=O) groups excluding carboxylic acids is 1. The van der Waals surface area contributed by atoms with E-state index in [0.717, 1.165) is 50.9 Å². The zero-order valence-corrected chi connectivity index (χ0v) is 15.4. The third kappa shape index (κ3) is 2.15. The number of nitrogens with zero attached hydrogens (tertiary/aromatic N) is 3. The Morgan fingerprint density at radius 3 is 2.70 bits per heavy atom. The molecular weight excluding hydrogens is 338 g/mol. The summed E-state index contributed by atoms with van der Waals surface area (Å²) in [6, 6.07) is 8.71. The first-order chi connectivity index (χ1) is 13.2. The van der Waals surface area contributed by atoms with Gasteiger partial charge in [-0.1, -0.05) is 24.3 Å². The molecule has 1 unspecified atom stereocenters. The normalized spacial score (nSPS) is 30.7. The number of piperidine rings is 1. The first-order valence-electron chi connectivity index (χ1n) is 10.3. The molecule has 27 heavy (non-hydrogen) atoms. The summed E-state index contributed by atoms with van der Waals surface area (Å²) in [6.45, 7) is 1.63. The van der Waals surface area contributed by atoms with E-state index in [-0.39, 0.29) is 23.5 Å². The number of imidazole rings is 1. The van der Waals surface area contributed by atoms with Gasteiger partial charge in [0.25, 0.3) is 0 Å². The van der Waals surface area contributed by atoms with Crippen LogP contribution < -0.4 is 0 Å². The lowest BCUT2D eigenvalue weighted by molar-refractivity contribution is -0.165. The molecule has 1 spiro atoms. The first kappa shape index (κ1) is 15.9. The molecule has 3 atom stereocenters. The summed E-state index contributed by atoms with van der Waals surface area (Å²) in [5, 5.41) is 11.2. The molecule has 1 aromatic carbocycles. The van der Waals surface area contributed by atoms with Crippen LogP contribution in [0, 0.1) is 17.3 Å². The molecule has 0 radical (unpaired) electrons. The topological polar surface area (TPSA) is 58.4 Å². The third-order valence-corrected chi connectivity index (χ3v) is 7.60. The molecule has 1 amide bonds. The Morgan fingerprint density at radius 2 is 1.96 bits per heavy atom. The Morgan fingerprint density at radius 1 is 1.19 bits per heavy atom. The standard InChI is InChI=1S/C22H25N3O2/c26-20-17(11-22(20)7-9-24(10-8-22)21(27)14-5-6-14)19-16-4-2-1-3-15(16)18-12-23-13-25(18)19/h1-4,12-14,17,19-20,26H,5-11H2/t17-,19?,20+/m0/s1. The smallest absolute Gasteiger partial charge is 0.225 e. The summed E-state index contributed by atoms with van der Waals surface area (Å²) in [7, 11) is 0. The van der Waals surface area contributed by atoms with E-state index in [1.807, 2.05) is 17.4 Å². The van der Waals surface area contributed by atoms with Crippen molar-refractivity contribution >= 4 is 5.91 Å². The van der Waals surface area contributed by atoms with Crippen molar-refractivity contribution < 1.29 is 9.90 Å². The highest BCUT2D eigenvalue weighted by Gasteiger charge is 2.58. The van der Waals surface area contributed by atoms with E-state index in [1.165, 1.54) is 11.1 Å². The zero-order chi connectivity index (χ0) is 18.2. The van der Waals surface area contributed by atoms with Gasteiger partial charge in [0.2, 0.25) is 5.91 Å². The third-order valence-electron chi connectivity index (χ3n) is 7.60. The van der Waals surface area contributed by atoms with Crippen LogP contribution in [0.1, 0.15) is 43.7 Å². The van der Waals surface area contributed by atoms with Crippen molar-refractivity contribution in [3.05, 3.63) is 42.4 Å². The second-order valence-corrected chi connectivity index (χ2v) is 8.99. The molecule has 3 heterocycles. The molecule has 5 nitrogen and oxygen atoms in total. The fraction of sp³-hybridized carbons (Fsp3) is 0.545. The maximum Gasteiger partial charge on any atom is 0.225 e. The summed E-state index contributed by atoms with van der Waals surface area (Å²) in [5.74, 6) is 0.878. The Labute approximate surface area is 159 Å². The maximum absolute atomic E-state index is 12.3. The molecule has 1 N–H and O–H groups in total. The van der Waals surface area contributed by atoms with Gasteiger partial charge in [-0.25, -0.2) is 4.98 Å². The fourth-order valence-electron chi connectivity index (χ4n) is 5.85. The van der Waals surface area contributed by atoms with Crippen molar-refractivity contribution in [3.63, 3.8) is 0 Å². The van der Waals surface area contributed by atoms with Gasteiger partial charge in [-0.05, 0) is 37.7 Å². The average Bonchev–Trinajstić information content (AvgIpc) is 3.37. The zero-order valence-electron chi connectivity index (χ0n) is 15.4. The molecule has 5 heteroatoms. The van der Waals surface area contributed by atoms with E-state index in [9.17, 15) is 9.90 Å². The maximum atomic E-state index is 12.3. The van der Waals surface area contributed by atoms with E-state index in [4.69, 9.17) is 0 Å². The van der Waals surface area contributed by atoms with Gasteiger partial charge in [0.1, 0.15) is 0 Å². The minimum atomic E-state index is -0.304. The Balaban J connectivity index is 1.22. The molecule has 140 valence electrons. The van der Waals surface area contributed by atoms with Crippen LogP contribution in [0.2, 0.25) is 0 Å². The van der Waals surface area contributed by atoms with E-state index in [2.05, 4.69) is 33.8 Å². The van der Waals surface area contributed by atoms with Crippen molar-refractivity contribution in [2.75, 3.05) is 13.1 Å². The number of hydrogen-bond acceptors (Lipinski definition) is 3. The van der Waals surface area contributed by atoms with E-state index >= 15 is 0 Å². The Hall–Kier alpha value is -2.14. The van der Waals surface area contributed by atoms with Crippen molar-refractivity contribution in [1.29, 1.82) is 0 Å². The highest BCUT2D eigenvalue weighted by Crippen LogP contribution is 2.59. The van der Waals surface area contributed by atoms with Gasteiger partial charge in [0.05, 0.1) is 30.4 Å². The van der Waals surface area contributed by atoms with Crippen LogP contribution in [0.15, 0.2) is 36.8 Å².